The first kappa shape index (κ1) is 22.1. The molecule has 0 bridgehead atoms. The van der Waals surface area contributed by atoms with Crippen LogP contribution in [0.4, 0.5) is 15.8 Å². The van der Waals surface area contributed by atoms with Crippen LogP contribution in [0.2, 0.25) is 0 Å². The van der Waals surface area contributed by atoms with Gasteiger partial charge in [-0.05, 0) is 44.2 Å². The normalized spacial score (nSPS) is 15.9. The van der Waals surface area contributed by atoms with Gasteiger partial charge < -0.3 is 20.4 Å². The minimum absolute atomic E-state index is 0.0548. The summed E-state index contributed by atoms with van der Waals surface area (Å²) in [7, 11) is 0. The van der Waals surface area contributed by atoms with Crippen molar-refractivity contribution in [2.24, 2.45) is 5.84 Å². The van der Waals surface area contributed by atoms with Crippen molar-refractivity contribution in [2.75, 3.05) is 24.2 Å². The molecule has 1 aromatic carbocycles. The van der Waals surface area contributed by atoms with Crippen LogP contribution in [-0.2, 0) is 12.0 Å². The Labute approximate surface area is 195 Å². The van der Waals surface area contributed by atoms with Gasteiger partial charge in [-0.3, -0.25) is 20.0 Å². The molecule has 3 aromatic rings. The summed E-state index contributed by atoms with van der Waals surface area (Å²) in [5, 5.41) is 3.08. The SMILES string of the molecule is NNC(=O)c1cn2c3c(c(NCCCc4ccccn4)c(F)c(N)c3c1=O)OCCC21CCC1. The highest BCUT2D eigenvalue weighted by molar-refractivity contribution is 6.04. The van der Waals surface area contributed by atoms with E-state index in [4.69, 9.17) is 16.3 Å². The van der Waals surface area contributed by atoms with Gasteiger partial charge in [-0.1, -0.05) is 6.07 Å². The minimum Gasteiger partial charge on any atom is -0.489 e. The van der Waals surface area contributed by atoms with E-state index in [0.717, 1.165) is 31.4 Å². The summed E-state index contributed by atoms with van der Waals surface area (Å²) in [5.41, 5.74) is 8.22. The van der Waals surface area contributed by atoms with E-state index in [1.165, 1.54) is 6.20 Å². The number of rotatable bonds is 6. The second-order valence-electron chi connectivity index (χ2n) is 8.90. The molecule has 178 valence electrons. The molecule has 1 aliphatic heterocycles. The number of amides is 1. The predicted octanol–water partition coefficient (Wildman–Crippen LogP) is 2.43. The van der Waals surface area contributed by atoms with Crippen molar-refractivity contribution in [1.82, 2.24) is 15.0 Å². The molecule has 0 radical (unpaired) electrons. The molecule has 1 saturated carbocycles. The third-order valence-electron chi connectivity index (χ3n) is 7.00. The molecule has 0 atom stereocenters. The van der Waals surface area contributed by atoms with Gasteiger partial charge in [0.1, 0.15) is 11.3 Å². The predicted molar refractivity (Wildman–Crippen MR) is 127 cm³/mol. The smallest absolute Gasteiger partial charge is 0.270 e. The highest BCUT2D eigenvalue weighted by Gasteiger charge is 2.43. The molecule has 2 aliphatic rings. The van der Waals surface area contributed by atoms with E-state index in [0.29, 0.717) is 31.5 Å². The number of aromatic nitrogens is 2. The lowest BCUT2D eigenvalue weighted by molar-refractivity contribution is 0.0946. The fourth-order valence-corrected chi connectivity index (χ4v) is 5.03. The molecule has 2 aromatic heterocycles. The number of aryl methyl sites for hydroxylation is 1. The van der Waals surface area contributed by atoms with Crippen LogP contribution in [0.25, 0.3) is 10.9 Å². The Morgan fingerprint density at radius 1 is 1.29 bits per heavy atom. The molecule has 5 rings (SSSR count). The Hall–Kier alpha value is -3.66. The van der Waals surface area contributed by atoms with Crippen LogP contribution in [0, 0.1) is 5.82 Å². The zero-order valence-electron chi connectivity index (χ0n) is 18.7. The number of hydrazine groups is 1. The van der Waals surface area contributed by atoms with Crippen molar-refractivity contribution in [3.63, 3.8) is 0 Å². The van der Waals surface area contributed by atoms with Gasteiger partial charge >= 0.3 is 0 Å². The number of nitrogens with two attached hydrogens (primary N) is 2. The summed E-state index contributed by atoms with van der Waals surface area (Å²) in [6, 6.07) is 5.73. The maximum atomic E-state index is 15.5. The summed E-state index contributed by atoms with van der Waals surface area (Å²) < 4.78 is 23.5. The summed E-state index contributed by atoms with van der Waals surface area (Å²) in [6.07, 6.45) is 8.10. The number of carbonyl (C=O) groups is 1. The number of fused-ring (bicyclic) bond motifs is 1. The average molecular weight is 467 g/mol. The summed E-state index contributed by atoms with van der Waals surface area (Å²) in [4.78, 5) is 29.9. The summed E-state index contributed by atoms with van der Waals surface area (Å²) >= 11 is 0. The van der Waals surface area contributed by atoms with Crippen molar-refractivity contribution in [1.29, 1.82) is 0 Å². The molecule has 34 heavy (non-hydrogen) atoms. The average Bonchev–Trinajstić information content (AvgIpc) is 3.00. The third-order valence-corrected chi connectivity index (χ3v) is 7.00. The molecular formula is C24H27FN6O3. The van der Waals surface area contributed by atoms with Gasteiger partial charge in [-0.25, -0.2) is 10.2 Å². The number of nitrogens with one attached hydrogen (secondary N) is 2. The molecule has 0 saturated heterocycles. The number of nitrogen functional groups attached to an aromatic ring is 2. The van der Waals surface area contributed by atoms with Crippen LogP contribution in [0.15, 0.2) is 35.4 Å². The Bertz CT molecular complexity index is 1320. The van der Waals surface area contributed by atoms with E-state index in [-0.39, 0.29) is 33.6 Å². The van der Waals surface area contributed by atoms with E-state index < -0.39 is 17.2 Å². The number of nitrogens with zero attached hydrogens (tertiary/aromatic N) is 2. The first-order valence-electron chi connectivity index (χ1n) is 11.4. The van der Waals surface area contributed by atoms with Gasteiger partial charge in [0, 0.05) is 36.6 Å². The van der Waals surface area contributed by atoms with Crippen LogP contribution in [0.1, 0.15) is 48.2 Å². The molecule has 3 heterocycles. The van der Waals surface area contributed by atoms with Crippen molar-refractivity contribution in [2.45, 2.75) is 44.1 Å². The highest BCUT2D eigenvalue weighted by Crippen LogP contribution is 2.49. The number of hydrogen-bond donors (Lipinski definition) is 4. The molecule has 1 spiro atoms. The van der Waals surface area contributed by atoms with Crippen LogP contribution >= 0.6 is 0 Å². The Morgan fingerprint density at radius 3 is 2.79 bits per heavy atom. The minimum atomic E-state index is -0.765. The highest BCUT2D eigenvalue weighted by atomic mass is 19.1. The van der Waals surface area contributed by atoms with Gasteiger partial charge in [-0.2, -0.15) is 0 Å². The second kappa shape index (κ2) is 8.60. The van der Waals surface area contributed by atoms with Crippen molar-refractivity contribution in [3.8, 4) is 5.75 Å². The van der Waals surface area contributed by atoms with Crippen LogP contribution in [-0.4, -0.2) is 28.6 Å². The van der Waals surface area contributed by atoms with E-state index in [9.17, 15) is 9.59 Å². The molecule has 6 N–H and O–H groups in total. The molecular weight excluding hydrogens is 439 g/mol. The van der Waals surface area contributed by atoms with Gasteiger partial charge in [0.15, 0.2) is 11.6 Å². The number of benzene rings is 1. The van der Waals surface area contributed by atoms with Crippen molar-refractivity contribution < 1.29 is 13.9 Å². The summed E-state index contributed by atoms with van der Waals surface area (Å²) in [5.74, 6) is 4.05. The first-order valence-corrected chi connectivity index (χ1v) is 11.4. The molecule has 9 nitrogen and oxygen atoms in total. The molecule has 1 aliphatic carbocycles. The lowest BCUT2D eigenvalue weighted by atomic mass is 9.74. The Morgan fingerprint density at radius 2 is 2.12 bits per heavy atom. The van der Waals surface area contributed by atoms with E-state index in [1.54, 1.807) is 6.20 Å². The van der Waals surface area contributed by atoms with Gasteiger partial charge in [0.2, 0.25) is 5.43 Å². The summed E-state index contributed by atoms with van der Waals surface area (Å²) in [6.45, 7) is 0.813. The maximum absolute atomic E-state index is 15.5. The number of anilines is 2. The van der Waals surface area contributed by atoms with Crippen molar-refractivity contribution >= 4 is 28.2 Å². The van der Waals surface area contributed by atoms with Gasteiger partial charge in [-0.15, -0.1) is 0 Å². The molecule has 1 amide bonds. The second-order valence-corrected chi connectivity index (χ2v) is 8.90. The third kappa shape index (κ3) is 3.45. The van der Waals surface area contributed by atoms with Crippen LogP contribution in [0.5, 0.6) is 5.75 Å². The zero-order chi connectivity index (χ0) is 23.9. The van der Waals surface area contributed by atoms with Crippen molar-refractivity contribution in [3.05, 3.63) is 57.9 Å². The lowest BCUT2D eigenvalue weighted by Gasteiger charge is -2.44. The largest absolute Gasteiger partial charge is 0.489 e. The van der Waals surface area contributed by atoms with Gasteiger partial charge in [0.05, 0.1) is 23.2 Å². The topological polar surface area (TPSA) is 137 Å². The Balaban J connectivity index is 1.62. The number of halogens is 1. The monoisotopic (exact) mass is 466 g/mol. The quantitative estimate of drug-likeness (QED) is 0.144. The number of pyridine rings is 2. The maximum Gasteiger partial charge on any atom is 0.270 e. The van der Waals surface area contributed by atoms with E-state index in [2.05, 4.69) is 10.3 Å². The van der Waals surface area contributed by atoms with E-state index in [1.807, 2.05) is 28.2 Å². The first-order chi connectivity index (χ1) is 16.5. The fourth-order valence-electron chi connectivity index (χ4n) is 5.03. The zero-order valence-corrected chi connectivity index (χ0v) is 18.7. The lowest BCUT2D eigenvalue weighted by Crippen LogP contribution is -2.43. The van der Waals surface area contributed by atoms with Crippen LogP contribution < -0.4 is 32.5 Å². The standard InChI is InChI=1S/C24H27FN6O3/c25-17-18(26)16-20-22(19(17)29-11-3-6-14-5-1-2-10-28-14)34-12-9-24(7-4-8-24)31(20)13-15(21(16)32)23(33)30-27/h1-2,5,10,13,29H,3-4,6-9,11-12,26-27H2,(H,30,33). The van der Waals surface area contributed by atoms with E-state index >= 15 is 4.39 Å². The number of ether oxygens (including phenoxy) is 1. The number of hydrogen-bond acceptors (Lipinski definition) is 7. The van der Waals surface area contributed by atoms with Gasteiger partial charge in [0.25, 0.3) is 5.91 Å². The molecule has 10 heteroatoms. The number of carbonyl (C=O) groups excluding carboxylic acids is 1. The molecule has 0 unspecified atom stereocenters. The fraction of sp³-hybridized carbons (Fsp3) is 0.375. The van der Waals surface area contributed by atoms with Crippen LogP contribution in [0.3, 0.4) is 0 Å². The Kier molecular flexibility index (Phi) is 5.60. The molecule has 1 fully saturated rings.